The average molecular weight is 542 g/mol. The van der Waals surface area contributed by atoms with E-state index < -0.39 is 22.5 Å². The molecule has 0 aliphatic carbocycles. The number of sulfonamides is 1. The molecule has 4 aromatic rings. The average Bonchev–Trinajstić information content (AvgIpc) is 2.83. The van der Waals surface area contributed by atoms with Crippen molar-refractivity contribution in [2.45, 2.75) is 11.8 Å². The van der Waals surface area contributed by atoms with Crippen LogP contribution in [0.2, 0.25) is 10.0 Å². The lowest BCUT2D eigenvalue weighted by atomic mass is 10.0. The highest BCUT2D eigenvalue weighted by molar-refractivity contribution is 7.92. The van der Waals surface area contributed by atoms with Gasteiger partial charge in [-0.25, -0.2) is 13.8 Å². The van der Waals surface area contributed by atoms with Gasteiger partial charge in [-0.2, -0.15) is 5.10 Å². The Kier molecular flexibility index (Phi) is 7.49. The molecule has 0 bridgehead atoms. The van der Waals surface area contributed by atoms with Crippen LogP contribution in [0, 0.1) is 6.92 Å². The lowest BCUT2D eigenvalue weighted by Crippen LogP contribution is -2.39. The normalized spacial score (nSPS) is 11.6. The third kappa shape index (κ3) is 5.62. The van der Waals surface area contributed by atoms with Gasteiger partial charge in [0.1, 0.15) is 12.3 Å². The summed E-state index contributed by atoms with van der Waals surface area (Å²) in [5, 5.41) is 16.3. The van der Waals surface area contributed by atoms with Crippen LogP contribution in [0.25, 0.3) is 10.8 Å². The van der Waals surface area contributed by atoms with Gasteiger partial charge >= 0.3 is 0 Å². The molecule has 0 saturated heterocycles. The minimum atomic E-state index is -4.15. The van der Waals surface area contributed by atoms with E-state index in [-0.39, 0.29) is 26.4 Å². The first-order valence-corrected chi connectivity index (χ1v) is 12.9. The molecule has 0 radical (unpaired) electrons. The van der Waals surface area contributed by atoms with Crippen molar-refractivity contribution < 1.29 is 18.3 Å². The van der Waals surface area contributed by atoms with Gasteiger partial charge in [0.2, 0.25) is 0 Å². The quantitative estimate of drug-likeness (QED) is 0.238. The van der Waals surface area contributed by atoms with Gasteiger partial charge in [-0.1, -0.05) is 71.2 Å². The SMILES string of the molecule is Cc1ccc(S(=O)(=O)N(CC(=O)N/N=C/c2c(O)ccc3ccccc23)c2cc(Cl)cc(Cl)c2)cc1. The fourth-order valence-corrected chi connectivity index (χ4v) is 5.51. The summed E-state index contributed by atoms with van der Waals surface area (Å²) in [4.78, 5) is 12.8. The zero-order valence-electron chi connectivity index (χ0n) is 19.0. The molecule has 4 rings (SSSR count). The molecule has 0 aliphatic heterocycles. The van der Waals surface area contributed by atoms with Crippen molar-refractivity contribution in [3.05, 3.63) is 100 Å². The number of nitrogens with one attached hydrogen (secondary N) is 1. The van der Waals surface area contributed by atoms with Crippen molar-refractivity contribution >= 4 is 61.8 Å². The summed E-state index contributed by atoms with van der Waals surface area (Å²) >= 11 is 12.2. The van der Waals surface area contributed by atoms with Crippen LogP contribution >= 0.6 is 23.2 Å². The molecule has 36 heavy (non-hydrogen) atoms. The van der Waals surface area contributed by atoms with E-state index in [1.807, 2.05) is 31.2 Å². The maximum atomic E-state index is 13.5. The third-order valence-electron chi connectivity index (χ3n) is 5.36. The fourth-order valence-electron chi connectivity index (χ4n) is 3.59. The maximum absolute atomic E-state index is 13.5. The number of phenolic OH excluding ortho intramolecular Hbond substituents is 1. The number of carbonyl (C=O) groups is 1. The number of amides is 1. The number of fused-ring (bicyclic) bond motifs is 1. The van der Waals surface area contributed by atoms with Gasteiger partial charge < -0.3 is 5.11 Å². The van der Waals surface area contributed by atoms with E-state index in [1.165, 1.54) is 42.6 Å². The summed E-state index contributed by atoms with van der Waals surface area (Å²) in [6.45, 7) is 1.25. The second kappa shape index (κ2) is 10.6. The van der Waals surface area contributed by atoms with Crippen molar-refractivity contribution in [1.82, 2.24) is 5.43 Å². The lowest BCUT2D eigenvalue weighted by Gasteiger charge is -2.24. The maximum Gasteiger partial charge on any atom is 0.264 e. The molecule has 10 heteroatoms. The van der Waals surface area contributed by atoms with Crippen molar-refractivity contribution in [3.8, 4) is 5.75 Å². The molecule has 184 valence electrons. The Morgan fingerprint density at radius 1 is 1.00 bits per heavy atom. The Labute approximate surface area is 218 Å². The standard InChI is InChI=1S/C26H21Cl2N3O4S/c1-17-6-9-22(10-7-17)36(34,35)31(21-13-19(27)12-20(28)14-21)16-26(33)30-29-15-24-23-5-3-2-4-18(23)8-11-25(24)32/h2-15,32H,16H2,1H3,(H,30,33)/b29-15+. The molecule has 0 saturated carbocycles. The summed E-state index contributed by atoms with van der Waals surface area (Å²) < 4.78 is 27.9. The first-order valence-electron chi connectivity index (χ1n) is 10.7. The largest absolute Gasteiger partial charge is 0.507 e. The van der Waals surface area contributed by atoms with Crippen LogP contribution in [0.1, 0.15) is 11.1 Å². The van der Waals surface area contributed by atoms with Gasteiger partial charge in [0.25, 0.3) is 15.9 Å². The highest BCUT2D eigenvalue weighted by Crippen LogP contribution is 2.30. The molecular formula is C26H21Cl2N3O4S. The van der Waals surface area contributed by atoms with E-state index >= 15 is 0 Å². The van der Waals surface area contributed by atoms with Crippen molar-refractivity contribution in [2.75, 3.05) is 10.8 Å². The lowest BCUT2D eigenvalue weighted by molar-refractivity contribution is -0.119. The number of anilines is 1. The minimum absolute atomic E-state index is 0.00109. The molecule has 0 aliphatic rings. The zero-order chi connectivity index (χ0) is 25.9. The molecule has 0 heterocycles. The molecule has 7 nitrogen and oxygen atoms in total. The van der Waals surface area contributed by atoms with Gasteiger partial charge in [-0.3, -0.25) is 9.10 Å². The minimum Gasteiger partial charge on any atom is -0.507 e. The zero-order valence-corrected chi connectivity index (χ0v) is 21.3. The van der Waals surface area contributed by atoms with E-state index in [1.54, 1.807) is 18.2 Å². The topological polar surface area (TPSA) is 99.1 Å². The molecular weight excluding hydrogens is 521 g/mol. The molecule has 0 unspecified atom stereocenters. The smallest absolute Gasteiger partial charge is 0.264 e. The van der Waals surface area contributed by atoms with Crippen LogP contribution in [0.4, 0.5) is 5.69 Å². The highest BCUT2D eigenvalue weighted by atomic mass is 35.5. The number of nitrogens with zero attached hydrogens (tertiary/aromatic N) is 2. The van der Waals surface area contributed by atoms with E-state index in [0.717, 1.165) is 20.6 Å². The number of hydrazone groups is 1. The van der Waals surface area contributed by atoms with Crippen LogP contribution < -0.4 is 9.73 Å². The van der Waals surface area contributed by atoms with Crippen LogP contribution in [0.15, 0.2) is 88.9 Å². The molecule has 0 aromatic heterocycles. The van der Waals surface area contributed by atoms with Gasteiger partial charge in [0, 0.05) is 15.6 Å². The summed E-state index contributed by atoms with van der Waals surface area (Å²) in [5.74, 6) is -0.721. The molecule has 1 amide bonds. The number of carbonyl (C=O) groups excluding carboxylic acids is 1. The van der Waals surface area contributed by atoms with Crippen LogP contribution in [-0.4, -0.2) is 32.2 Å². The molecule has 0 fully saturated rings. The van der Waals surface area contributed by atoms with E-state index in [0.29, 0.717) is 5.56 Å². The van der Waals surface area contributed by atoms with Gasteiger partial charge in [0.05, 0.1) is 16.8 Å². The van der Waals surface area contributed by atoms with E-state index in [9.17, 15) is 18.3 Å². The Bertz CT molecular complexity index is 1550. The monoisotopic (exact) mass is 541 g/mol. The highest BCUT2D eigenvalue weighted by Gasteiger charge is 2.27. The van der Waals surface area contributed by atoms with Gasteiger partial charge in [-0.15, -0.1) is 0 Å². The molecule has 4 aromatic carbocycles. The number of halogens is 2. The summed E-state index contributed by atoms with van der Waals surface area (Å²) in [5.41, 5.74) is 3.76. The van der Waals surface area contributed by atoms with Gasteiger partial charge in [0.15, 0.2) is 0 Å². The summed E-state index contributed by atoms with van der Waals surface area (Å²) in [6, 6.07) is 21.2. The van der Waals surface area contributed by atoms with Crippen LogP contribution in [0.5, 0.6) is 5.75 Å². The Balaban J connectivity index is 1.62. The molecule has 0 spiro atoms. The molecule has 2 N–H and O–H groups in total. The van der Waals surface area contributed by atoms with Crippen molar-refractivity contribution in [2.24, 2.45) is 5.10 Å². The number of rotatable bonds is 7. The third-order valence-corrected chi connectivity index (χ3v) is 7.59. The second-order valence-electron chi connectivity index (χ2n) is 7.97. The predicted molar refractivity (Wildman–Crippen MR) is 144 cm³/mol. The number of aryl methyl sites for hydroxylation is 1. The predicted octanol–water partition coefficient (Wildman–Crippen LogP) is 5.51. The number of benzene rings is 4. The van der Waals surface area contributed by atoms with E-state index in [4.69, 9.17) is 23.2 Å². The number of hydrogen-bond donors (Lipinski definition) is 2. The van der Waals surface area contributed by atoms with Crippen LogP contribution in [0.3, 0.4) is 0 Å². The Morgan fingerprint density at radius 2 is 1.67 bits per heavy atom. The number of phenols is 1. The number of hydrogen-bond acceptors (Lipinski definition) is 5. The Hall–Kier alpha value is -3.59. The van der Waals surface area contributed by atoms with Crippen molar-refractivity contribution in [3.63, 3.8) is 0 Å². The van der Waals surface area contributed by atoms with Gasteiger partial charge in [-0.05, 0) is 54.1 Å². The second-order valence-corrected chi connectivity index (χ2v) is 10.7. The summed E-state index contributed by atoms with van der Waals surface area (Å²) in [7, 11) is -4.15. The van der Waals surface area contributed by atoms with Crippen molar-refractivity contribution in [1.29, 1.82) is 0 Å². The Morgan fingerprint density at radius 3 is 2.36 bits per heavy atom. The van der Waals surface area contributed by atoms with Crippen LogP contribution in [-0.2, 0) is 14.8 Å². The fraction of sp³-hybridized carbons (Fsp3) is 0.0769. The summed E-state index contributed by atoms with van der Waals surface area (Å²) in [6.07, 6.45) is 1.31. The number of aromatic hydroxyl groups is 1. The molecule has 0 atom stereocenters. The first-order chi connectivity index (χ1) is 17.1. The van der Waals surface area contributed by atoms with E-state index in [2.05, 4.69) is 10.5 Å². The first kappa shape index (κ1) is 25.5.